The molecule has 2 amide bonds. The molecule has 7 nitrogen and oxygen atoms in total. The zero-order chi connectivity index (χ0) is 19.9. The van der Waals surface area contributed by atoms with Crippen LogP contribution in [0, 0.1) is 0 Å². The Morgan fingerprint density at radius 2 is 1.68 bits per heavy atom. The van der Waals surface area contributed by atoms with Crippen molar-refractivity contribution < 1.29 is 19.1 Å². The van der Waals surface area contributed by atoms with Gasteiger partial charge >= 0.3 is 6.09 Å². The van der Waals surface area contributed by atoms with Crippen molar-refractivity contribution in [3.8, 4) is 5.75 Å². The highest BCUT2D eigenvalue weighted by Gasteiger charge is 2.23. The van der Waals surface area contributed by atoms with E-state index in [9.17, 15) is 9.59 Å². The molecule has 1 heterocycles. The van der Waals surface area contributed by atoms with Gasteiger partial charge in [0.25, 0.3) is 5.91 Å². The van der Waals surface area contributed by atoms with E-state index in [1.807, 2.05) is 29.2 Å². The summed E-state index contributed by atoms with van der Waals surface area (Å²) in [4.78, 5) is 28.3. The highest BCUT2D eigenvalue weighted by molar-refractivity contribution is 5.95. The average Bonchev–Trinajstić information content (AvgIpc) is 2.74. The van der Waals surface area contributed by atoms with Crippen LogP contribution in [0.3, 0.4) is 0 Å². The number of nitrogens with zero attached hydrogens (tertiary/aromatic N) is 2. The van der Waals surface area contributed by atoms with Crippen LogP contribution in [0.25, 0.3) is 0 Å². The van der Waals surface area contributed by atoms with Gasteiger partial charge in [0.05, 0.1) is 19.4 Å². The van der Waals surface area contributed by atoms with Crippen LogP contribution in [-0.4, -0.2) is 56.8 Å². The highest BCUT2D eigenvalue weighted by atomic mass is 16.5. The molecule has 0 bridgehead atoms. The van der Waals surface area contributed by atoms with E-state index in [-0.39, 0.29) is 5.91 Å². The Balaban J connectivity index is 1.58. The third kappa shape index (κ3) is 4.54. The van der Waals surface area contributed by atoms with Crippen molar-refractivity contribution in [2.75, 3.05) is 50.1 Å². The van der Waals surface area contributed by atoms with E-state index in [1.54, 1.807) is 38.3 Å². The van der Waals surface area contributed by atoms with Gasteiger partial charge in [0.2, 0.25) is 0 Å². The lowest BCUT2D eigenvalue weighted by molar-refractivity contribution is 0.0746. The topological polar surface area (TPSA) is 71.1 Å². The van der Waals surface area contributed by atoms with Crippen LogP contribution < -0.4 is 15.0 Å². The molecular formula is C21H25N3O4. The number of amides is 2. The molecule has 1 saturated heterocycles. The van der Waals surface area contributed by atoms with E-state index in [0.717, 1.165) is 24.5 Å². The molecule has 0 spiro atoms. The Labute approximate surface area is 164 Å². The maximum Gasteiger partial charge on any atom is 0.411 e. The minimum absolute atomic E-state index is 0.0117. The Bertz CT molecular complexity index is 815. The van der Waals surface area contributed by atoms with Crippen molar-refractivity contribution in [3.63, 3.8) is 0 Å². The molecule has 3 rings (SSSR count). The average molecular weight is 383 g/mol. The van der Waals surface area contributed by atoms with Gasteiger partial charge < -0.3 is 19.3 Å². The fourth-order valence-electron chi connectivity index (χ4n) is 3.21. The van der Waals surface area contributed by atoms with Crippen LogP contribution in [0.5, 0.6) is 5.75 Å². The number of anilines is 2. The normalized spacial score (nSPS) is 13.8. The summed E-state index contributed by atoms with van der Waals surface area (Å²) in [5.74, 6) is 0.828. The van der Waals surface area contributed by atoms with E-state index >= 15 is 0 Å². The van der Waals surface area contributed by atoms with Crippen molar-refractivity contribution in [2.24, 2.45) is 0 Å². The van der Waals surface area contributed by atoms with Crippen molar-refractivity contribution in [1.82, 2.24) is 4.90 Å². The third-order valence-electron chi connectivity index (χ3n) is 4.65. The molecule has 0 saturated carbocycles. The largest absolute Gasteiger partial charge is 0.495 e. The van der Waals surface area contributed by atoms with Gasteiger partial charge in [-0.2, -0.15) is 0 Å². The molecule has 148 valence electrons. The molecule has 28 heavy (non-hydrogen) atoms. The summed E-state index contributed by atoms with van der Waals surface area (Å²) in [7, 11) is 1.67. The summed E-state index contributed by atoms with van der Waals surface area (Å²) in [6.07, 6.45) is -0.506. The first kappa shape index (κ1) is 19.5. The van der Waals surface area contributed by atoms with Crippen LogP contribution in [0.2, 0.25) is 0 Å². The van der Waals surface area contributed by atoms with Crippen molar-refractivity contribution in [2.45, 2.75) is 6.92 Å². The minimum Gasteiger partial charge on any atom is -0.495 e. The SMILES string of the molecule is CCOC(=O)Nc1ccc(C(=O)N2CCN(c3ccccc3OC)CC2)cc1. The number of benzene rings is 2. The predicted octanol–water partition coefficient (Wildman–Crippen LogP) is 3.23. The summed E-state index contributed by atoms with van der Waals surface area (Å²) in [5.41, 5.74) is 2.24. The molecule has 2 aromatic carbocycles. The number of hydrogen-bond acceptors (Lipinski definition) is 5. The lowest BCUT2D eigenvalue weighted by atomic mass is 10.1. The molecule has 1 N–H and O–H groups in total. The Kier molecular flexibility index (Phi) is 6.37. The number of rotatable bonds is 5. The fourth-order valence-corrected chi connectivity index (χ4v) is 3.21. The maximum absolute atomic E-state index is 12.8. The molecule has 1 aliphatic rings. The molecule has 0 atom stereocenters. The van der Waals surface area contributed by atoms with Crippen LogP contribution in [-0.2, 0) is 4.74 Å². The van der Waals surface area contributed by atoms with E-state index in [2.05, 4.69) is 10.2 Å². The Morgan fingerprint density at radius 1 is 1.00 bits per heavy atom. The molecule has 0 aliphatic carbocycles. The summed E-state index contributed by atoms with van der Waals surface area (Å²) in [6.45, 7) is 4.82. The second-order valence-corrected chi connectivity index (χ2v) is 6.37. The monoisotopic (exact) mass is 383 g/mol. The van der Waals surface area contributed by atoms with Crippen molar-refractivity contribution in [3.05, 3.63) is 54.1 Å². The fraction of sp³-hybridized carbons (Fsp3) is 0.333. The van der Waals surface area contributed by atoms with Crippen molar-refractivity contribution >= 4 is 23.4 Å². The van der Waals surface area contributed by atoms with E-state index in [1.165, 1.54) is 0 Å². The van der Waals surface area contributed by atoms with Crippen molar-refractivity contribution in [1.29, 1.82) is 0 Å². The molecule has 0 unspecified atom stereocenters. The quantitative estimate of drug-likeness (QED) is 0.858. The third-order valence-corrected chi connectivity index (χ3v) is 4.65. The van der Waals surface area contributed by atoms with Gasteiger partial charge in [0, 0.05) is 37.4 Å². The number of nitrogens with one attached hydrogen (secondary N) is 1. The van der Waals surface area contributed by atoms with Gasteiger partial charge in [0.15, 0.2) is 0 Å². The second kappa shape index (κ2) is 9.12. The second-order valence-electron chi connectivity index (χ2n) is 6.37. The highest BCUT2D eigenvalue weighted by Crippen LogP contribution is 2.28. The molecule has 0 aromatic heterocycles. The molecule has 7 heteroatoms. The van der Waals surface area contributed by atoms with Crippen LogP contribution in [0.15, 0.2) is 48.5 Å². The minimum atomic E-state index is -0.506. The number of piperazine rings is 1. The summed E-state index contributed by atoms with van der Waals surface area (Å²) >= 11 is 0. The lowest BCUT2D eigenvalue weighted by Gasteiger charge is -2.36. The predicted molar refractivity (Wildman–Crippen MR) is 108 cm³/mol. The number of hydrogen-bond donors (Lipinski definition) is 1. The van der Waals surface area contributed by atoms with E-state index < -0.39 is 6.09 Å². The van der Waals surface area contributed by atoms with Gasteiger partial charge in [-0.1, -0.05) is 12.1 Å². The van der Waals surface area contributed by atoms with Crippen LogP contribution >= 0.6 is 0 Å². The van der Waals surface area contributed by atoms with Crippen LogP contribution in [0.4, 0.5) is 16.2 Å². The number of carbonyl (C=O) groups excluding carboxylic acids is 2. The van der Waals surface area contributed by atoms with Crippen LogP contribution in [0.1, 0.15) is 17.3 Å². The summed E-state index contributed by atoms with van der Waals surface area (Å²) < 4.78 is 10.3. The Hall–Kier alpha value is -3.22. The number of para-hydroxylation sites is 2. The van der Waals surface area contributed by atoms with Gasteiger partial charge in [-0.15, -0.1) is 0 Å². The first-order chi connectivity index (χ1) is 13.6. The van der Waals surface area contributed by atoms with E-state index in [0.29, 0.717) is 30.9 Å². The zero-order valence-corrected chi connectivity index (χ0v) is 16.2. The molecular weight excluding hydrogens is 358 g/mol. The molecule has 2 aromatic rings. The zero-order valence-electron chi connectivity index (χ0n) is 16.2. The van der Waals surface area contributed by atoms with Gasteiger partial charge in [-0.25, -0.2) is 4.79 Å². The van der Waals surface area contributed by atoms with Gasteiger partial charge in [-0.3, -0.25) is 10.1 Å². The maximum atomic E-state index is 12.8. The lowest BCUT2D eigenvalue weighted by Crippen LogP contribution is -2.48. The standard InChI is InChI=1S/C21H25N3O4/c1-3-28-21(26)22-17-10-8-16(9-11-17)20(25)24-14-12-23(13-15-24)18-6-4-5-7-19(18)27-2/h4-11H,3,12-15H2,1-2H3,(H,22,26). The molecule has 1 fully saturated rings. The summed E-state index contributed by atoms with van der Waals surface area (Å²) in [6, 6.07) is 14.8. The van der Waals surface area contributed by atoms with Gasteiger partial charge in [0.1, 0.15) is 5.75 Å². The first-order valence-corrected chi connectivity index (χ1v) is 9.33. The Morgan fingerprint density at radius 3 is 2.32 bits per heavy atom. The smallest absolute Gasteiger partial charge is 0.411 e. The first-order valence-electron chi connectivity index (χ1n) is 9.33. The molecule has 1 aliphatic heterocycles. The number of carbonyl (C=O) groups is 2. The summed E-state index contributed by atoms with van der Waals surface area (Å²) in [5, 5.41) is 2.62. The van der Waals surface area contributed by atoms with E-state index in [4.69, 9.17) is 9.47 Å². The number of methoxy groups -OCH3 is 1. The number of ether oxygens (including phenoxy) is 2. The van der Waals surface area contributed by atoms with Gasteiger partial charge in [-0.05, 0) is 43.3 Å². The molecule has 0 radical (unpaired) electrons.